The molecule has 0 aliphatic carbocycles. The smallest absolute Gasteiger partial charge is 0.450 e. The molecule has 3 rings (SSSR count). The van der Waals surface area contributed by atoms with Crippen molar-refractivity contribution >= 4 is 17.5 Å². The van der Waals surface area contributed by atoms with E-state index in [1.807, 2.05) is 0 Å². The molecule has 3 aromatic rings. The van der Waals surface area contributed by atoms with Crippen molar-refractivity contribution in [3.63, 3.8) is 0 Å². The molecule has 0 fully saturated rings. The summed E-state index contributed by atoms with van der Waals surface area (Å²) in [6.45, 7) is -0.0371. The Hall–Kier alpha value is -2.67. The topological polar surface area (TPSA) is 55.4 Å². The Morgan fingerprint density at radius 3 is 2.48 bits per heavy atom. The molecule has 0 radical (unpaired) electrons. The molecule has 25 heavy (non-hydrogen) atoms. The molecule has 2 heterocycles. The number of amides is 1. The lowest BCUT2D eigenvalue weighted by molar-refractivity contribution is -0.153. The molecule has 0 saturated heterocycles. The summed E-state index contributed by atoms with van der Waals surface area (Å²) in [6, 6.07) is 10.3. The first-order valence-electron chi connectivity index (χ1n) is 7.12. The van der Waals surface area contributed by atoms with Crippen LogP contribution in [0.5, 0.6) is 0 Å². The lowest BCUT2D eigenvalue weighted by Crippen LogP contribution is -2.24. The standard InChI is InChI=1S/C17H11ClF3NO3/c18-11-5-3-10(4-6-11)14-8-13(15(25-14)17(19,20)21)16(23)22-9-12-2-1-7-24-12/h1-8H,9H2,(H,22,23). The number of carbonyl (C=O) groups is 1. The number of hydrogen-bond acceptors (Lipinski definition) is 3. The maximum absolute atomic E-state index is 13.2. The van der Waals surface area contributed by atoms with Crippen LogP contribution in [0.2, 0.25) is 5.02 Å². The van der Waals surface area contributed by atoms with E-state index in [2.05, 4.69) is 5.32 Å². The molecule has 1 N–H and O–H groups in total. The highest BCUT2D eigenvalue weighted by Crippen LogP contribution is 2.37. The van der Waals surface area contributed by atoms with Crippen molar-refractivity contribution in [1.29, 1.82) is 0 Å². The van der Waals surface area contributed by atoms with Crippen molar-refractivity contribution in [3.8, 4) is 11.3 Å². The molecule has 0 aliphatic heterocycles. The number of hydrogen-bond donors (Lipinski definition) is 1. The second-order valence-electron chi connectivity index (χ2n) is 5.12. The van der Waals surface area contributed by atoms with Crippen LogP contribution in [-0.2, 0) is 12.7 Å². The van der Waals surface area contributed by atoms with Crippen molar-refractivity contribution in [2.24, 2.45) is 0 Å². The summed E-state index contributed by atoms with van der Waals surface area (Å²) in [4.78, 5) is 12.2. The number of benzene rings is 1. The Bertz CT molecular complexity index is 868. The summed E-state index contributed by atoms with van der Waals surface area (Å²) in [5, 5.41) is 2.81. The first-order valence-corrected chi connectivity index (χ1v) is 7.50. The predicted molar refractivity (Wildman–Crippen MR) is 84.0 cm³/mol. The van der Waals surface area contributed by atoms with Gasteiger partial charge in [-0.25, -0.2) is 0 Å². The molecule has 0 saturated carbocycles. The van der Waals surface area contributed by atoms with Crippen molar-refractivity contribution in [2.45, 2.75) is 12.7 Å². The number of halogens is 4. The molecule has 1 amide bonds. The molecule has 2 aromatic heterocycles. The van der Waals surface area contributed by atoms with Crippen LogP contribution in [0.15, 0.2) is 57.6 Å². The largest absolute Gasteiger partial charge is 0.467 e. The molecule has 0 aliphatic rings. The molecule has 0 atom stereocenters. The van der Waals surface area contributed by atoms with Gasteiger partial charge < -0.3 is 14.2 Å². The molecule has 0 spiro atoms. The van der Waals surface area contributed by atoms with Crippen LogP contribution in [0, 0.1) is 0 Å². The van der Waals surface area contributed by atoms with Crippen LogP contribution in [0.4, 0.5) is 13.2 Å². The highest BCUT2D eigenvalue weighted by atomic mass is 35.5. The minimum absolute atomic E-state index is 0.0371. The van der Waals surface area contributed by atoms with Gasteiger partial charge in [-0.3, -0.25) is 4.79 Å². The molecular weight excluding hydrogens is 359 g/mol. The number of nitrogens with one attached hydrogen (secondary N) is 1. The van der Waals surface area contributed by atoms with Crippen LogP contribution >= 0.6 is 11.6 Å². The minimum atomic E-state index is -4.80. The van der Waals surface area contributed by atoms with Gasteiger partial charge >= 0.3 is 6.18 Å². The molecule has 130 valence electrons. The fourth-order valence-electron chi connectivity index (χ4n) is 2.20. The van der Waals surface area contributed by atoms with Crippen molar-refractivity contribution in [2.75, 3.05) is 0 Å². The Kier molecular flexibility index (Phi) is 4.59. The van der Waals surface area contributed by atoms with E-state index in [1.54, 1.807) is 12.1 Å². The quantitative estimate of drug-likeness (QED) is 0.692. The summed E-state index contributed by atoms with van der Waals surface area (Å²) in [5.41, 5.74) is -0.219. The van der Waals surface area contributed by atoms with E-state index in [0.29, 0.717) is 16.3 Å². The van der Waals surface area contributed by atoms with E-state index in [9.17, 15) is 18.0 Å². The summed E-state index contributed by atoms with van der Waals surface area (Å²) in [6.07, 6.45) is -3.40. The summed E-state index contributed by atoms with van der Waals surface area (Å²) in [7, 11) is 0. The van der Waals surface area contributed by atoms with Gasteiger partial charge in [0.1, 0.15) is 11.5 Å². The maximum Gasteiger partial charge on any atom is 0.450 e. The van der Waals surface area contributed by atoms with Gasteiger partial charge in [-0.2, -0.15) is 13.2 Å². The summed E-state index contributed by atoms with van der Waals surface area (Å²) < 4.78 is 49.5. The van der Waals surface area contributed by atoms with Crippen LogP contribution in [0.1, 0.15) is 21.9 Å². The third-order valence-electron chi connectivity index (χ3n) is 3.37. The van der Waals surface area contributed by atoms with Gasteiger partial charge in [0.25, 0.3) is 5.91 Å². The minimum Gasteiger partial charge on any atom is -0.467 e. The number of carbonyl (C=O) groups excluding carboxylic acids is 1. The number of furan rings is 2. The first-order chi connectivity index (χ1) is 11.8. The highest BCUT2D eigenvalue weighted by molar-refractivity contribution is 6.30. The highest BCUT2D eigenvalue weighted by Gasteiger charge is 2.40. The van der Waals surface area contributed by atoms with E-state index in [1.165, 1.54) is 30.5 Å². The molecule has 0 bridgehead atoms. The number of rotatable bonds is 4. The molecule has 4 nitrogen and oxygen atoms in total. The van der Waals surface area contributed by atoms with E-state index >= 15 is 0 Å². The Morgan fingerprint density at radius 2 is 1.88 bits per heavy atom. The third kappa shape index (κ3) is 3.88. The van der Waals surface area contributed by atoms with Gasteiger partial charge in [-0.15, -0.1) is 0 Å². The van der Waals surface area contributed by atoms with Crippen LogP contribution in [-0.4, -0.2) is 5.91 Å². The van der Waals surface area contributed by atoms with Gasteiger partial charge in [0, 0.05) is 10.6 Å². The molecule has 8 heteroatoms. The van der Waals surface area contributed by atoms with Gasteiger partial charge in [-0.05, 0) is 42.5 Å². The fraction of sp³-hybridized carbons (Fsp3) is 0.118. The normalized spacial score (nSPS) is 11.5. The van der Waals surface area contributed by atoms with Crippen LogP contribution in [0.25, 0.3) is 11.3 Å². The fourth-order valence-corrected chi connectivity index (χ4v) is 2.33. The van der Waals surface area contributed by atoms with E-state index < -0.39 is 23.4 Å². The maximum atomic E-state index is 13.2. The average Bonchev–Trinajstić information content (AvgIpc) is 3.22. The summed E-state index contributed by atoms with van der Waals surface area (Å²) in [5.74, 6) is -1.92. The van der Waals surface area contributed by atoms with Crippen LogP contribution < -0.4 is 5.32 Å². The Morgan fingerprint density at radius 1 is 1.16 bits per heavy atom. The second-order valence-corrected chi connectivity index (χ2v) is 5.56. The van der Waals surface area contributed by atoms with Gasteiger partial charge in [0.05, 0.1) is 18.4 Å². The zero-order valence-corrected chi connectivity index (χ0v) is 13.3. The van der Waals surface area contributed by atoms with Crippen LogP contribution in [0.3, 0.4) is 0 Å². The SMILES string of the molecule is O=C(NCc1ccco1)c1cc(-c2ccc(Cl)cc2)oc1C(F)(F)F. The van der Waals surface area contributed by atoms with Gasteiger partial charge in [-0.1, -0.05) is 11.6 Å². The van der Waals surface area contributed by atoms with E-state index in [-0.39, 0.29) is 12.3 Å². The molecule has 0 unspecified atom stereocenters. The van der Waals surface area contributed by atoms with Crippen molar-refractivity contribution in [3.05, 3.63) is 70.8 Å². The summed E-state index contributed by atoms with van der Waals surface area (Å²) >= 11 is 5.77. The molecular formula is C17H11ClF3NO3. The van der Waals surface area contributed by atoms with Gasteiger partial charge in [0.2, 0.25) is 5.76 Å². The van der Waals surface area contributed by atoms with Gasteiger partial charge in [0.15, 0.2) is 0 Å². The lowest BCUT2D eigenvalue weighted by atomic mass is 10.1. The Balaban J connectivity index is 1.91. The second kappa shape index (κ2) is 6.68. The zero-order valence-electron chi connectivity index (χ0n) is 12.6. The van der Waals surface area contributed by atoms with E-state index in [0.717, 1.165) is 6.07 Å². The van der Waals surface area contributed by atoms with E-state index in [4.69, 9.17) is 20.4 Å². The third-order valence-corrected chi connectivity index (χ3v) is 3.62. The number of alkyl halides is 3. The molecule has 1 aromatic carbocycles. The van der Waals surface area contributed by atoms with Crippen molar-refractivity contribution < 1.29 is 26.8 Å². The zero-order chi connectivity index (χ0) is 18.0. The lowest BCUT2D eigenvalue weighted by Gasteiger charge is -2.06. The first kappa shape index (κ1) is 17.2. The average molecular weight is 370 g/mol. The van der Waals surface area contributed by atoms with Crippen molar-refractivity contribution in [1.82, 2.24) is 5.32 Å². The predicted octanol–water partition coefficient (Wildman–Crippen LogP) is 5.14. The Labute approximate surface area is 145 Å². The monoisotopic (exact) mass is 369 g/mol.